The molecule has 1 atom stereocenters. The Morgan fingerprint density at radius 1 is 1.50 bits per heavy atom. The highest BCUT2D eigenvalue weighted by Crippen LogP contribution is 2.25. The van der Waals surface area contributed by atoms with Crippen molar-refractivity contribution in [3.63, 3.8) is 0 Å². The summed E-state index contributed by atoms with van der Waals surface area (Å²) in [6.07, 6.45) is 3.83. The van der Waals surface area contributed by atoms with Crippen LogP contribution >= 0.6 is 0 Å². The molecule has 1 aromatic rings. The number of nitrogens with zero attached hydrogens (tertiary/aromatic N) is 2. The summed E-state index contributed by atoms with van der Waals surface area (Å²) in [4.78, 5) is 8.44. The van der Waals surface area contributed by atoms with Crippen molar-refractivity contribution in [2.45, 2.75) is 45.3 Å². The van der Waals surface area contributed by atoms with E-state index in [1.165, 1.54) is 0 Å². The number of nitrogens with one attached hydrogen (secondary N) is 1. The van der Waals surface area contributed by atoms with Gasteiger partial charge >= 0.3 is 0 Å². The van der Waals surface area contributed by atoms with E-state index in [-0.39, 0.29) is 5.60 Å². The van der Waals surface area contributed by atoms with Crippen molar-refractivity contribution in [3.8, 4) is 0 Å². The smallest absolute Gasteiger partial charge is 0.129 e. The molecule has 0 bridgehead atoms. The van der Waals surface area contributed by atoms with Crippen LogP contribution in [0.1, 0.15) is 32.5 Å². The maximum atomic E-state index is 5.68. The average Bonchev–Trinajstić information content (AvgIpc) is 2.15. The van der Waals surface area contributed by atoms with Gasteiger partial charge in [-0.2, -0.15) is 0 Å². The van der Waals surface area contributed by atoms with Gasteiger partial charge in [0.15, 0.2) is 0 Å². The quantitative estimate of drug-likeness (QED) is 0.831. The average molecular weight is 221 g/mol. The van der Waals surface area contributed by atoms with E-state index >= 15 is 0 Å². The minimum atomic E-state index is -0.0298. The zero-order chi connectivity index (χ0) is 11.6. The molecule has 16 heavy (non-hydrogen) atoms. The number of hydrogen-bond donors (Lipinski definition) is 1. The van der Waals surface area contributed by atoms with E-state index in [9.17, 15) is 0 Å². The molecule has 2 rings (SSSR count). The predicted molar refractivity (Wildman–Crippen MR) is 63.4 cm³/mol. The van der Waals surface area contributed by atoms with Crippen molar-refractivity contribution in [2.24, 2.45) is 0 Å². The molecule has 1 N–H and O–H groups in total. The summed E-state index contributed by atoms with van der Waals surface area (Å²) in [6.45, 7) is 6.98. The maximum absolute atomic E-state index is 5.68. The van der Waals surface area contributed by atoms with Crippen LogP contribution in [0.15, 0.2) is 12.3 Å². The van der Waals surface area contributed by atoms with Crippen LogP contribution < -0.4 is 5.32 Å². The summed E-state index contributed by atoms with van der Waals surface area (Å²) in [5.41, 5.74) is -0.0298. The second-order valence-corrected chi connectivity index (χ2v) is 4.93. The normalized spacial score (nSPS) is 24.1. The first-order valence-corrected chi connectivity index (χ1v) is 5.75. The minimum absolute atomic E-state index is 0.0298. The van der Waals surface area contributed by atoms with Crippen LogP contribution in [0.5, 0.6) is 0 Å². The lowest BCUT2D eigenvalue weighted by Crippen LogP contribution is -2.40. The van der Waals surface area contributed by atoms with E-state index in [2.05, 4.69) is 29.1 Å². The molecule has 0 radical (unpaired) electrons. The van der Waals surface area contributed by atoms with Gasteiger partial charge in [-0.3, -0.25) is 0 Å². The standard InChI is InChI=1S/C12H19N3O/c1-9-13-6-4-11(14-9)15-10-5-7-16-12(2,3)8-10/h4,6,10H,5,7-8H2,1-3H3,(H,13,14,15). The summed E-state index contributed by atoms with van der Waals surface area (Å²) in [6, 6.07) is 2.35. The van der Waals surface area contributed by atoms with Crippen LogP contribution in [0.2, 0.25) is 0 Å². The molecule has 88 valence electrons. The molecule has 1 fully saturated rings. The molecule has 1 aliphatic rings. The van der Waals surface area contributed by atoms with Crippen LogP contribution in [0.3, 0.4) is 0 Å². The van der Waals surface area contributed by atoms with Gasteiger partial charge in [0.1, 0.15) is 11.6 Å². The number of ether oxygens (including phenoxy) is 1. The second-order valence-electron chi connectivity index (χ2n) is 4.93. The zero-order valence-electron chi connectivity index (χ0n) is 10.2. The molecule has 4 heteroatoms. The minimum Gasteiger partial charge on any atom is -0.375 e. The second kappa shape index (κ2) is 4.37. The molecular formula is C12H19N3O. The van der Waals surface area contributed by atoms with Crippen LogP contribution in [-0.4, -0.2) is 28.2 Å². The van der Waals surface area contributed by atoms with Gasteiger partial charge in [0, 0.05) is 18.8 Å². The van der Waals surface area contributed by atoms with Crippen molar-refractivity contribution < 1.29 is 4.74 Å². The topological polar surface area (TPSA) is 47.0 Å². The summed E-state index contributed by atoms with van der Waals surface area (Å²) in [7, 11) is 0. The monoisotopic (exact) mass is 221 g/mol. The van der Waals surface area contributed by atoms with E-state index in [1.807, 2.05) is 13.0 Å². The third-order valence-electron chi connectivity index (χ3n) is 2.83. The SMILES string of the molecule is Cc1nccc(NC2CCOC(C)(C)C2)n1. The fourth-order valence-electron chi connectivity index (χ4n) is 2.10. The Morgan fingerprint density at radius 2 is 2.31 bits per heavy atom. The van der Waals surface area contributed by atoms with Crippen LogP contribution in [0, 0.1) is 6.92 Å². The Balaban J connectivity index is 1.99. The van der Waals surface area contributed by atoms with E-state index in [4.69, 9.17) is 4.74 Å². The lowest BCUT2D eigenvalue weighted by atomic mass is 9.94. The van der Waals surface area contributed by atoms with E-state index < -0.39 is 0 Å². The van der Waals surface area contributed by atoms with E-state index in [1.54, 1.807) is 6.20 Å². The third kappa shape index (κ3) is 2.92. The molecule has 0 aromatic carbocycles. The van der Waals surface area contributed by atoms with Gasteiger partial charge in [-0.25, -0.2) is 9.97 Å². The molecule has 1 unspecified atom stereocenters. The molecule has 4 nitrogen and oxygen atoms in total. The Kier molecular flexibility index (Phi) is 3.10. The lowest BCUT2D eigenvalue weighted by molar-refractivity contribution is -0.0553. The fourth-order valence-corrected chi connectivity index (χ4v) is 2.10. The summed E-state index contributed by atoms with van der Waals surface area (Å²) >= 11 is 0. The molecule has 0 spiro atoms. The van der Waals surface area contributed by atoms with Gasteiger partial charge in [-0.15, -0.1) is 0 Å². The summed E-state index contributed by atoms with van der Waals surface area (Å²) in [5, 5.41) is 3.45. The van der Waals surface area contributed by atoms with Gasteiger partial charge in [0.25, 0.3) is 0 Å². The molecule has 1 aromatic heterocycles. The first-order chi connectivity index (χ1) is 7.55. The van der Waals surface area contributed by atoms with Crippen molar-refractivity contribution in [2.75, 3.05) is 11.9 Å². The summed E-state index contributed by atoms with van der Waals surface area (Å²) < 4.78 is 5.68. The molecule has 1 aliphatic heterocycles. The highest BCUT2D eigenvalue weighted by molar-refractivity contribution is 5.34. The highest BCUT2D eigenvalue weighted by Gasteiger charge is 2.28. The number of anilines is 1. The number of aromatic nitrogens is 2. The lowest BCUT2D eigenvalue weighted by Gasteiger charge is -2.36. The zero-order valence-corrected chi connectivity index (χ0v) is 10.2. The van der Waals surface area contributed by atoms with Gasteiger partial charge in [-0.05, 0) is 39.7 Å². The third-order valence-corrected chi connectivity index (χ3v) is 2.83. The molecule has 1 saturated heterocycles. The van der Waals surface area contributed by atoms with Gasteiger partial charge < -0.3 is 10.1 Å². The number of aryl methyl sites for hydroxylation is 1. The molecule has 0 saturated carbocycles. The molecule has 0 aliphatic carbocycles. The maximum Gasteiger partial charge on any atom is 0.129 e. The van der Waals surface area contributed by atoms with Crippen LogP contribution in [-0.2, 0) is 4.74 Å². The predicted octanol–water partition coefficient (Wildman–Crippen LogP) is 2.15. The van der Waals surface area contributed by atoms with E-state index in [0.717, 1.165) is 31.1 Å². The Labute approximate surface area is 96.4 Å². The Bertz CT molecular complexity index is 365. The van der Waals surface area contributed by atoms with Crippen molar-refractivity contribution in [1.82, 2.24) is 9.97 Å². The molecule has 2 heterocycles. The van der Waals surface area contributed by atoms with Gasteiger partial charge in [0.05, 0.1) is 5.60 Å². The molecule has 0 amide bonds. The van der Waals surface area contributed by atoms with Crippen molar-refractivity contribution in [1.29, 1.82) is 0 Å². The Morgan fingerprint density at radius 3 is 3.00 bits per heavy atom. The van der Waals surface area contributed by atoms with Crippen LogP contribution in [0.4, 0.5) is 5.82 Å². The van der Waals surface area contributed by atoms with Gasteiger partial charge in [-0.1, -0.05) is 0 Å². The first-order valence-electron chi connectivity index (χ1n) is 5.75. The first kappa shape index (κ1) is 11.3. The fraction of sp³-hybridized carbons (Fsp3) is 0.667. The summed E-state index contributed by atoms with van der Waals surface area (Å²) in [5.74, 6) is 1.71. The van der Waals surface area contributed by atoms with Crippen molar-refractivity contribution in [3.05, 3.63) is 18.1 Å². The van der Waals surface area contributed by atoms with E-state index in [0.29, 0.717) is 6.04 Å². The molecular weight excluding hydrogens is 202 g/mol. The number of rotatable bonds is 2. The van der Waals surface area contributed by atoms with Crippen LogP contribution in [0.25, 0.3) is 0 Å². The van der Waals surface area contributed by atoms with Gasteiger partial charge in [0.2, 0.25) is 0 Å². The number of hydrogen-bond acceptors (Lipinski definition) is 4. The Hall–Kier alpha value is -1.16. The highest BCUT2D eigenvalue weighted by atomic mass is 16.5. The largest absolute Gasteiger partial charge is 0.375 e. The van der Waals surface area contributed by atoms with Crippen molar-refractivity contribution >= 4 is 5.82 Å².